The summed E-state index contributed by atoms with van der Waals surface area (Å²) in [4.78, 5) is 0. The smallest absolute Gasteiger partial charge is 0.0650 e. The molecule has 0 unspecified atom stereocenters. The minimum absolute atomic E-state index is 0.786. The van der Waals surface area contributed by atoms with Crippen LogP contribution in [0.25, 0.3) is 78.4 Å². The summed E-state index contributed by atoms with van der Waals surface area (Å²) in [5.41, 5.74) is 16.4. The number of allylic oxidation sites excluding steroid dienone is 1. The van der Waals surface area contributed by atoms with Gasteiger partial charge >= 0.3 is 0 Å². The molecule has 2 aromatic heterocycles. The molecule has 8 aromatic rings. The van der Waals surface area contributed by atoms with Crippen molar-refractivity contribution in [2.24, 2.45) is 7.05 Å². The van der Waals surface area contributed by atoms with E-state index < -0.39 is 0 Å². The maximum absolute atomic E-state index is 4.04. The number of hydrogen-bond donors (Lipinski definition) is 2. The van der Waals surface area contributed by atoms with Gasteiger partial charge in [-0.15, -0.1) is 0 Å². The standard InChI is InChI=1S/C32H26N2.C22H26N2.C2H6/c1-4-11-25-27-20-22(16-18-30(27)33(3)29(25)5-2)23-17-19-32-28(21-23)26-14-9-10-15-31(26)34(32)24-12-7-6-8-13-24;1-2-4-17(5-3-1)18-6-8-19(9-7-18)20-10-12-21(13-11-20)22-14-23-16-24-15-22;1-2/h4-21H,2H2,1,3H3;6-14,17,23-24H,1-5,15-16H2;1-2H3/b11-4-;;. The van der Waals surface area contributed by atoms with Gasteiger partial charge in [0.25, 0.3) is 0 Å². The van der Waals surface area contributed by atoms with Crippen molar-refractivity contribution in [3.63, 3.8) is 0 Å². The summed E-state index contributed by atoms with van der Waals surface area (Å²) in [7, 11) is 2.11. The van der Waals surface area contributed by atoms with E-state index in [1.54, 1.807) is 0 Å². The highest BCUT2D eigenvalue weighted by atomic mass is 15.1. The van der Waals surface area contributed by atoms with Gasteiger partial charge in [0.05, 0.1) is 17.7 Å². The largest absolute Gasteiger partial charge is 0.378 e. The van der Waals surface area contributed by atoms with E-state index in [2.05, 4.69) is 198 Å². The normalized spacial score (nSPS) is 14.3. The van der Waals surface area contributed by atoms with E-state index in [4.69, 9.17) is 0 Å². The predicted octanol–water partition coefficient (Wildman–Crippen LogP) is 14.5. The number of nitrogens with zero attached hydrogens (tertiary/aromatic N) is 2. The molecular formula is C56H58N4. The van der Waals surface area contributed by atoms with Gasteiger partial charge in [0.1, 0.15) is 0 Å². The van der Waals surface area contributed by atoms with E-state index in [-0.39, 0.29) is 0 Å². The first-order valence-corrected chi connectivity index (χ1v) is 21.9. The Morgan fingerprint density at radius 1 is 0.617 bits per heavy atom. The second-order valence-electron chi connectivity index (χ2n) is 15.7. The van der Waals surface area contributed by atoms with Gasteiger partial charge in [-0.25, -0.2) is 0 Å². The molecule has 302 valence electrons. The Labute approximate surface area is 356 Å². The van der Waals surface area contributed by atoms with E-state index in [0.717, 1.165) is 24.8 Å². The second-order valence-corrected chi connectivity index (χ2v) is 15.7. The Bertz CT molecular complexity index is 2770. The molecule has 10 rings (SSSR count). The molecule has 0 radical (unpaired) electrons. The van der Waals surface area contributed by atoms with Gasteiger partial charge in [0, 0.05) is 58.4 Å². The molecule has 0 amide bonds. The lowest BCUT2D eigenvalue weighted by Gasteiger charge is -2.22. The molecule has 1 saturated carbocycles. The van der Waals surface area contributed by atoms with Crippen molar-refractivity contribution < 1.29 is 0 Å². The van der Waals surface area contributed by atoms with E-state index in [0.29, 0.717) is 0 Å². The highest BCUT2D eigenvalue weighted by molar-refractivity contribution is 6.10. The summed E-state index contributed by atoms with van der Waals surface area (Å²) in [5.74, 6) is 0.786. The van der Waals surface area contributed by atoms with E-state index in [1.165, 1.54) is 115 Å². The third-order valence-electron chi connectivity index (χ3n) is 12.2. The summed E-state index contributed by atoms with van der Waals surface area (Å²) in [6, 6.07) is 51.1. The first-order chi connectivity index (χ1) is 29.6. The molecule has 2 aliphatic rings. The lowest BCUT2D eigenvalue weighted by atomic mass is 9.83. The number of aromatic nitrogens is 2. The van der Waals surface area contributed by atoms with E-state index in [9.17, 15) is 0 Å². The maximum Gasteiger partial charge on any atom is 0.0650 e. The Hall–Kier alpha value is -6.36. The van der Waals surface area contributed by atoms with Crippen LogP contribution in [-0.4, -0.2) is 22.3 Å². The maximum atomic E-state index is 4.04. The SMILES string of the molecule is C1=C(c2ccc(-c3ccc(C4CCCCC4)cc3)cc2)CNCN1.C=Cc1c(/C=C\C)c2cc(-c3ccc4c(c3)c3ccccc3n4-c3ccccc3)ccc2n1C.CC. The second kappa shape index (κ2) is 18.7. The molecule has 3 heterocycles. The van der Waals surface area contributed by atoms with Crippen molar-refractivity contribution in [1.29, 1.82) is 0 Å². The number of aryl methyl sites for hydroxylation is 1. The molecule has 6 aromatic carbocycles. The fourth-order valence-corrected chi connectivity index (χ4v) is 9.21. The molecule has 0 spiro atoms. The van der Waals surface area contributed by atoms with Crippen LogP contribution in [0.3, 0.4) is 0 Å². The van der Waals surface area contributed by atoms with Crippen LogP contribution in [0.5, 0.6) is 0 Å². The zero-order valence-electron chi connectivity index (χ0n) is 35.7. The Morgan fingerprint density at radius 2 is 1.22 bits per heavy atom. The zero-order valence-corrected chi connectivity index (χ0v) is 35.7. The molecule has 1 fully saturated rings. The van der Waals surface area contributed by atoms with Gasteiger partial charge in [-0.2, -0.15) is 0 Å². The zero-order chi connectivity index (χ0) is 41.4. The van der Waals surface area contributed by atoms with Crippen LogP contribution < -0.4 is 10.6 Å². The lowest BCUT2D eigenvalue weighted by Crippen LogP contribution is -2.31. The van der Waals surface area contributed by atoms with Crippen molar-refractivity contribution >= 4 is 50.4 Å². The van der Waals surface area contributed by atoms with Crippen LogP contribution in [-0.2, 0) is 7.05 Å². The van der Waals surface area contributed by atoms with Gasteiger partial charge in [0.15, 0.2) is 0 Å². The van der Waals surface area contributed by atoms with Gasteiger partial charge in [-0.1, -0.05) is 149 Å². The molecule has 0 atom stereocenters. The summed E-state index contributed by atoms with van der Waals surface area (Å²) in [6.45, 7) is 11.9. The molecule has 60 heavy (non-hydrogen) atoms. The predicted molar refractivity (Wildman–Crippen MR) is 261 cm³/mol. The molecule has 1 aliphatic heterocycles. The average molecular weight is 787 g/mol. The van der Waals surface area contributed by atoms with Crippen molar-refractivity contribution in [3.8, 4) is 27.9 Å². The van der Waals surface area contributed by atoms with Crippen molar-refractivity contribution in [1.82, 2.24) is 19.8 Å². The Balaban J connectivity index is 0.000000169. The van der Waals surface area contributed by atoms with Gasteiger partial charge in [-0.05, 0) is 113 Å². The molecule has 4 nitrogen and oxygen atoms in total. The number of hydrogen-bond acceptors (Lipinski definition) is 2. The number of rotatable bonds is 7. The molecular weight excluding hydrogens is 729 g/mol. The Kier molecular flexibility index (Phi) is 12.6. The van der Waals surface area contributed by atoms with Gasteiger partial charge in [0.2, 0.25) is 0 Å². The highest BCUT2D eigenvalue weighted by Gasteiger charge is 2.17. The van der Waals surface area contributed by atoms with Crippen molar-refractivity contribution in [2.75, 3.05) is 13.2 Å². The van der Waals surface area contributed by atoms with Crippen LogP contribution in [0, 0.1) is 0 Å². The van der Waals surface area contributed by atoms with Crippen LogP contribution >= 0.6 is 0 Å². The number of para-hydroxylation sites is 2. The molecule has 0 bridgehead atoms. The van der Waals surface area contributed by atoms with Gasteiger partial charge in [-0.3, -0.25) is 5.32 Å². The lowest BCUT2D eigenvalue weighted by molar-refractivity contribution is 0.443. The van der Waals surface area contributed by atoms with Crippen LogP contribution in [0.1, 0.15) is 81.2 Å². The van der Waals surface area contributed by atoms with E-state index in [1.807, 2.05) is 19.9 Å². The van der Waals surface area contributed by atoms with E-state index >= 15 is 0 Å². The Morgan fingerprint density at radius 3 is 1.88 bits per heavy atom. The third kappa shape index (κ3) is 8.13. The van der Waals surface area contributed by atoms with Crippen molar-refractivity contribution in [2.45, 2.75) is 58.8 Å². The summed E-state index contributed by atoms with van der Waals surface area (Å²) < 4.78 is 4.58. The number of fused-ring (bicyclic) bond motifs is 4. The minimum atomic E-state index is 0.786. The molecule has 0 saturated heterocycles. The molecule has 1 aliphatic carbocycles. The monoisotopic (exact) mass is 786 g/mol. The molecule has 2 N–H and O–H groups in total. The van der Waals surface area contributed by atoms with Crippen LogP contribution in [0.4, 0.5) is 0 Å². The summed E-state index contributed by atoms with van der Waals surface area (Å²) in [6.07, 6.45) is 15.3. The third-order valence-corrected chi connectivity index (χ3v) is 12.2. The fraction of sp³-hybridized carbons (Fsp3) is 0.214. The topological polar surface area (TPSA) is 33.9 Å². The average Bonchev–Trinajstić information content (AvgIpc) is 3.80. The quantitative estimate of drug-likeness (QED) is 0.169. The highest BCUT2D eigenvalue weighted by Crippen LogP contribution is 2.37. The van der Waals surface area contributed by atoms with Crippen molar-refractivity contribution in [3.05, 3.63) is 181 Å². The van der Waals surface area contributed by atoms with Gasteiger partial charge < -0.3 is 14.5 Å². The fourth-order valence-electron chi connectivity index (χ4n) is 9.21. The first kappa shape index (κ1) is 40.4. The van der Waals surface area contributed by atoms with Crippen LogP contribution in [0.2, 0.25) is 0 Å². The first-order valence-electron chi connectivity index (χ1n) is 21.9. The summed E-state index contributed by atoms with van der Waals surface area (Å²) in [5, 5.41) is 10.4. The summed E-state index contributed by atoms with van der Waals surface area (Å²) >= 11 is 0. The number of nitrogens with one attached hydrogen (secondary N) is 2. The minimum Gasteiger partial charge on any atom is -0.378 e. The number of benzene rings is 6. The van der Waals surface area contributed by atoms with Crippen LogP contribution in [0.15, 0.2) is 158 Å². The molecule has 4 heteroatoms.